The van der Waals surface area contributed by atoms with Crippen molar-refractivity contribution in [3.05, 3.63) is 53.2 Å². The molecule has 0 aliphatic rings. The van der Waals surface area contributed by atoms with Crippen LogP contribution in [0.1, 0.15) is 10.6 Å². The Morgan fingerprint density at radius 1 is 1.19 bits per heavy atom. The molecule has 0 saturated heterocycles. The van der Waals surface area contributed by atoms with Crippen molar-refractivity contribution in [2.75, 3.05) is 0 Å². The van der Waals surface area contributed by atoms with Gasteiger partial charge in [0.2, 0.25) is 0 Å². The third-order valence-corrected chi connectivity index (χ3v) is 4.20. The van der Waals surface area contributed by atoms with E-state index < -0.39 is 16.7 Å². The SMILES string of the molecule is O=C(Sc1nncs1)c1ccc(-c2c(F)cccc2F)o1. The molecule has 0 aliphatic carbocycles. The summed E-state index contributed by atoms with van der Waals surface area (Å²) in [6.07, 6.45) is 0. The third kappa shape index (κ3) is 2.86. The Bertz CT molecular complexity index is 767. The molecular weight excluding hydrogens is 318 g/mol. The molecule has 0 aliphatic heterocycles. The second kappa shape index (κ2) is 5.74. The molecule has 8 heteroatoms. The lowest BCUT2D eigenvalue weighted by Crippen LogP contribution is -1.90. The smallest absolute Gasteiger partial charge is 0.261 e. The minimum Gasteiger partial charge on any atom is -0.452 e. The first-order valence-electron chi connectivity index (χ1n) is 5.67. The fourth-order valence-electron chi connectivity index (χ4n) is 1.65. The number of nitrogens with zero attached hydrogens (tertiary/aromatic N) is 2. The van der Waals surface area contributed by atoms with E-state index in [4.69, 9.17) is 4.42 Å². The van der Waals surface area contributed by atoms with Gasteiger partial charge < -0.3 is 4.42 Å². The Hall–Kier alpha value is -2.06. The zero-order valence-corrected chi connectivity index (χ0v) is 11.9. The van der Waals surface area contributed by atoms with Crippen LogP contribution in [0, 0.1) is 11.6 Å². The van der Waals surface area contributed by atoms with Gasteiger partial charge in [-0.25, -0.2) is 8.78 Å². The van der Waals surface area contributed by atoms with Crippen molar-refractivity contribution < 1.29 is 18.0 Å². The van der Waals surface area contributed by atoms with Gasteiger partial charge in [0.25, 0.3) is 5.12 Å². The van der Waals surface area contributed by atoms with Gasteiger partial charge in [0.05, 0.1) is 5.56 Å². The van der Waals surface area contributed by atoms with E-state index in [-0.39, 0.29) is 17.1 Å². The highest BCUT2D eigenvalue weighted by Gasteiger charge is 2.19. The maximum Gasteiger partial charge on any atom is 0.261 e. The first-order chi connectivity index (χ1) is 10.1. The van der Waals surface area contributed by atoms with Crippen molar-refractivity contribution in [2.45, 2.75) is 4.34 Å². The monoisotopic (exact) mass is 324 g/mol. The van der Waals surface area contributed by atoms with Crippen LogP contribution in [0.5, 0.6) is 0 Å². The van der Waals surface area contributed by atoms with E-state index in [1.165, 1.54) is 35.0 Å². The third-order valence-electron chi connectivity index (χ3n) is 2.54. The number of halogens is 2. The van der Waals surface area contributed by atoms with Gasteiger partial charge in [-0.3, -0.25) is 4.79 Å². The normalized spacial score (nSPS) is 10.8. The van der Waals surface area contributed by atoms with Crippen LogP contribution in [-0.4, -0.2) is 15.3 Å². The van der Waals surface area contributed by atoms with E-state index in [1.807, 2.05) is 0 Å². The fraction of sp³-hybridized carbons (Fsp3) is 0. The van der Waals surface area contributed by atoms with Crippen LogP contribution < -0.4 is 0 Å². The van der Waals surface area contributed by atoms with Crippen molar-refractivity contribution >= 4 is 28.2 Å². The van der Waals surface area contributed by atoms with Crippen LogP contribution in [0.3, 0.4) is 0 Å². The maximum absolute atomic E-state index is 13.6. The van der Waals surface area contributed by atoms with Gasteiger partial charge in [0.1, 0.15) is 22.9 Å². The summed E-state index contributed by atoms with van der Waals surface area (Å²) in [6.45, 7) is 0. The Labute approximate surface area is 125 Å². The predicted octanol–water partition coefficient (Wildman–Crippen LogP) is 4.01. The Morgan fingerprint density at radius 2 is 1.95 bits per heavy atom. The van der Waals surface area contributed by atoms with E-state index in [9.17, 15) is 13.6 Å². The molecule has 4 nitrogen and oxygen atoms in total. The van der Waals surface area contributed by atoms with Crippen molar-refractivity contribution in [1.29, 1.82) is 0 Å². The van der Waals surface area contributed by atoms with Crippen molar-refractivity contribution in [3.8, 4) is 11.3 Å². The first kappa shape index (κ1) is 13.9. The summed E-state index contributed by atoms with van der Waals surface area (Å²) >= 11 is 2.06. The molecule has 0 atom stereocenters. The lowest BCUT2D eigenvalue weighted by molar-refractivity contribution is 0.106. The van der Waals surface area contributed by atoms with Crippen molar-refractivity contribution in [3.63, 3.8) is 0 Å². The largest absolute Gasteiger partial charge is 0.452 e. The summed E-state index contributed by atoms with van der Waals surface area (Å²) < 4.78 is 33.0. The topological polar surface area (TPSA) is 56.0 Å². The molecule has 0 radical (unpaired) electrons. The van der Waals surface area contributed by atoms with Gasteiger partial charge in [-0.05, 0) is 36.0 Å². The summed E-state index contributed by atoms with van der Waals surface area (Å²) in [5.74, 6) is -1.54. The number of thioether (sulfide) groups is 1. The molecule has 0 saturated carbocycles. The van der Waals surface area contributed by atoms with Gasteiger partial charge in [0, 0.05) is 0 Å². The highest BCUT2D eigenvalue weighted by atomic mass is 32.2. The molecule has 0 amide bonds. The number of rotatable bonds is 3. The highest BCUT2D eigenvalue weighted by molar-refractivity contribution is 8.15. The zero-order valence-electron chi connectivity index (χ0n) is 10.2. The van der Waals surface area contributed by atoms with Crippen LogP contribution in [0.25, 0.3) is 11.3 Å². The standard InChI is InChI=1S/C13H6F2N2O2S2/c14-7-2-1-3-8(15)11(7)9-4-5-10(19-9)12(18)21-13-17-16-6-20-13/h1-6H. The number of hydrogen-bond donors (Lipinski definition) is 0. The summed E-state index contributed by atoms with van der Waals surface area (Å²) in [5.41, 5.74) is 1.20. The van der Waals surface area contributed by atoms with Gasteiger partial charge in [0.15, 0.2) is 10.1 Å². The van der Waals surface area contributed by atoms with E-state index in [1.54, 1.807) is 0 Å². The molecule has 1 aromatic carbocycles. The lowest BCUT2D eigenvalue weighted by Gasteiger charge is -2.00. The quantitative estimate of drug-likeness (QED) is 0.681. The van der Waals surface area contributed by atoms with Gasteiger partial charge in [-0.2, -0.15) is 0 Å². The van der Waals surface area contributed by atoms with Crippen molar-refractivity contribution in [1.82, 2.24) is 10.2 Å². The molecular formula is C13H6F2N2O2S2. The molecule has 0 spiro atoms. The summed E-state index contributed by atoms with van der Waals surface area (Å²) in [4.78, 5) is 11.9. The molecule has 0 fully saturated rings. The van der Waals surface area contributed by atoms with Crippen LogP contribution >= 0.6 is 23.1 Å². The maximum atomic E-state index is 13.6. The van der Waals surface area contributed by atoms with Crippen molar-refractivity contribution in [2.24, 2.45) is 0 Å². The summed E-state index contributed by atoms with van der Waals surface area (Å²) in [5, 5.41) is 6.93. The summed E-state index contributed by atoms with van der Waals surface area (Å²) in [6, 6.07) is 6.23. The second-order valence-corrected chi connectivity index (χ2v) is 5.91. The van der Waals surface area contributed by atoms with E-state index in [0.717, 1.165) is 23.9 Å². The average molecular weight is 324 g/mol. The lowest BCUT2D eigenvalue weighted by atomic mass is 10.1. The summed E-state index contributed by atoms with van der Waals surface area (Å²) in [7, 11) is 0. The van der Waals surface area contributed by atoms with Crippen LogP contribution in [-0.2, 0) is 0 Å². The zero-order chi connectivity index (χ0) is 14.8. The molecule has 0 unspecified atom stereocenters. The van der Waals surface area contributed by atoms with E-state index in [0.29, 0.717) is 4.34 Å². The van der Waals surface area contributed by atoms with E-state index in [2.05, 4.69) is 10.2 Å². The first-order valence-corrected chi connectivity index (χ1v) is 7.37. The number of furan rings is 1. The molecule has 106 valence electrons. The number of carbonyl (C=O) groups excluding carboxylic acids is 1. The fourth-order valence-corrected chi connectivity index (χ4v) is 2.94. The Morgan fingerprint density at radius 3 is 2.62 bits per heavy atom. The molecule has 3 rings (SSSR count). The Balaban J connectivity index is 1.88. The minimum atomic E-state index is -0.750. The number of aromatic nitrogens is 2. The molecule has 21 heavy (non-hydrogen) atoms. The molecule has 2 heterocycles. The van der Waals surface area contributed by atoms with Gasteiger partial charge in [-0.15, -0.1) is 10.2 Å². The number of hydrogen-bond acceptors (Lipinski definition) is 6. The second-order valence-electron chi connectivity index (χ2n) is 3.85. The molecule has 0 N–H and O–H groups in total. The van der Waals surface area contributed by atoms with Gasteiger partial charge in [-0.1, -0.05) is 17.4 Å². The highest BCUT2D eigenvalue weighted by Crippen LogP contribution is 2.30. The molecule has 0 bridgehead atoms. The molecule has 2 aromatic heterocycles. The Kier molecular flexibility index (Phi) is 3.80. The average Bonchev–Trinajstić information content (AvgIpc) is 3.10. The number of benzene rings is 1. The van der Waals surface area contributed by atoms with Crippen LogP contribution in [0.4, 0.5) is 8.78 Å². The van der Waals surface area contributed by atoms with Gasteiger partial charge >= 0.3 is 0 Å². The van der Waals surface area contributed by atoms with E-state index >= 15 is 0 Å². The molecule has 3 aromatic rings. The van der Waals surface area contributed by atoms with Crippen LogP contribution in [0.2, 0.25) is 0 Å². The van der Waals surface area contributed by atoms with Crippen LogP contribution in [0.15, 0.2) is 44.6 Å². The predicted molar refractivity (Wildman–Crippen MR) is 74.2 cm³/mol. The minimum absolute atomic E-state index is 0.00662. The number of carbonyl (C=O) groups is 1.